The van der Waals surface area contributed by atoms with Gasteiger partial charge in [-0.2, -0.15) is 0 Å². The Morgan fingerprint density at radius 2 is 1.88 bits per heavy atom. The first-order valence-electron chi connectivity index (χ1n) is 8.21. The Morgan fingerprint density at radius 1 is 1.17 bits per heavy atom. The van der Waals surface area contributed by atoms with Crippen molar-refractivity contribution in [1.82, 2.24) is 0 Å². The summed E-state index contributed by atoms with van der Waals surface area (Å²) in [6.45, 7) is 1.62. The average molecular weight is 343 g/mol. The lowest BCUT2D eigenvalue weighted by Gasteiger charge is -2.21. The van der Waals surface area contributed by atoms with Crippen LogP contribution in [0.2, 0.25) is 0 Å². The first kappa shape index (κ1) is 16.7. The molecule has 0 radical (unpaired) electrons. The van der Waals surface area contributed by atoms with E-state index in [1.165, 1.54) is 39.5 Å². The number of esters is 1. The topological polar surface area (TPSA) is 46.6 Å². The van der Waals surface area contributed by atoms with Crippen LogP contribution in [0.3, 0.4) is 0 Å². The zero-order valence-electron chi connectivity index (χ0n) is 14.0. The summed E-state index contributed by atoms with van der Waals surface area (Å²) in [5.74, 6) is -0.646. The van der Waals surface area contributed by atoms with Crippen molar-refractivity contribution in [2.75, 3.05) is 11.9 Å². The Bertz CT molecular complexity index is 715. The van der Waals surface area contributed by atoms with Crippen LogP contribution in [-0.2, 0) is 22.4 Å². The number of benzene rings is 1. The predicted molar refractivity (Wildman–Crippen MR) is 95.7 cm³/mol. The molecule has 4 nitrogen and oxygen atoms in total. The van der Waals surface area contributed by atoms with Crippen LogP contribution < -0.4 is 4.90 Å². The first-order chi connectivity index (χ1) is 11.6. The number of para-hydroxylation sites is 1. The molecule has 0 saturated carbocycles. The highest BCUT2D eigenvalue weighted by molar-refractivity contribution is 7.14. The summed E-state index contributed by atoms with van der Waals surface area (Å²) in [5.41, 5.74) is 2.04. The molecule has 0 aliphatic heterocycles. The first-order valence-corrected chi connectivity index (χ1v) is 9.03. The second kappa shape index (κ2) is 7.18. The third kappa shape index (κ3) is 3.51. The molecule has 1 amide bonds. The average Bonchev–Trinajstić information content (AvgIpc) is 3.05. The Labute approximate surface area is 146 Å². The van der Waals surface area contributed by atoms with E-state index >= 15 is 0 Å². The van der Waals surface area contributed by atoms with Crippen LogP contribution in [0.4, 0.5) is 5.69 Å². The number of nitrogens with zero attached hydrogens (tertiary/aromatic N) is 1. The van der Waals surface area contributed by atoms with Gasteiger partial charge in [-0.15, -0.1) is 11.3 Å². The molecule has 1 aromatic carbocycles. The monoisotopic (exact) mass is 343 g/mol. The maximum atomic E-state index is 12.5. The Morgan fingerprint density at radius 3 is 2.58 bits per heavy atom. The van der Waals surface area contributed by atoms with Gasteiger partial charge in [0.05, 0.1) is 0 Å². The molecule has 0 unspecified atom stereocenters. The van der Waals surface area contributed by atoms with E-state index in [1.807, 2.05) is 36.4 Å². The van der Waals surface area contributed by atoms with Crippen molar-refractivity contribution in [2.45, 2.75) is 38.7 Å². The van der Waals surface area contributed by atoms with Crippen molar-refractivity contribution in [1.29, 1.82) is 0 Å². The molecule has 126 valence electrons. The molecule has 0 saturated heterocycles. The van der Waals surface area contributed by atoms with Gasteiger partial charge in [-0.25, -0.2) is 4.79 Å². The van der Waals surface area contributed by atoms with Crippen LogP contribution in [0, 0.1) is 0 Å². The standard InChI is InChI=1S/C19H21NO3S/c1-13(18(21)20(2)15-9-4-3-5-10-15)23-19(22)17-12-14-8-6-7-11-16(14)24-17/h3-5,9-10,12-13H,6-8,11H2,1-2H3/t13-/m1/s1. The van der Waals surface area contributed by atoms with E-state index in [4.69, 9.17) is 4.74 Å². The Kier molecular flexibility index (Phi) is 5.00. The number of thiophene rings is 1. The molecule has 0 fully saturated rings. The van der Waals surface area contributed by atoms with Crippen molar-refractivity contribution in [3.8, 4) is 0 Å². The lowest BCUT2D eigenvalue weighted by molar-refractivity contribution is -0.126. The van der Waals surface area contributed by atoms with Gasteiger partial charge < -0.3 is 9.64 Å². The van der Waals surface area contributed by atoms with Gasteiger partial charge in [0.1, 0.15) is 4.88 Å². The molecule has 0 bridgehead atoms. The molecule has 5 heteroatoms. The quantitative estimate of drug-likeness (QED) is 0.793. The number of hydrogen-bond acceptors (Lipinski definition) is 4. The summed E-state index contributed by atoms with van der Waals surface area (Å²) in [5, 5.41) is 0. The molecule has 0 spiro atoms. The van der Waals surface area contributed by atoms with Gasteiger partial charge in [0.15, 0.2) is 6.10 Å². The van der Waals surface area contributed by atoms with Crippen LogP contribution >= 0.6 is 11.3 Å². The van der Waals surface area contributed by atoms with Gasteiger partial charge in [-0.3, -0.25) is 4.79 Å². The summed E-state index contributed by atoms with van der Waals surface area (Å²) in [6.07, 6.45) is 3.61. The van der Waals surface area contributed by atoms with E-state index in [0.717, 1.165) is 18.5 Å². The van der Waals surface area contributed by atoms with Gasteiger partial charge in [-0.1, -0.05) is 18.2 Å². The largest absolute Gasteiger partial charge is 0.448 e. The van der Waals surface area contributed by atoms with E-state index in [-0.39, 0.29) is 5.91 Å². The van der Waals surface area contributed by atoms with Crippen LogP contribution in [0.25, 0.3) is 0 Å². The fourth-order valence-electron chi connectivity index (χ4n) is 2.91. The van der Waals surface area contributed by atoms with Crippen LogP contribution in [-0.4, -0.2) is 25.0 Å². The highest BCUT2D eigenvalue weighted by atomic mass is 32.1. The van der Waals surface area contributed by atoms with Gasteiger partial charge >= 0.3 is 5.97 Å². The number of fused-ring (bicyclic) bond motifs is 1. The minimum atomic E-state index is -0.818. The van der Waals surface area contributed by atoms with Crippen molar-refractivity contribution >= 4 is 28.9 Å². The highest BCUT2D eigenvalue weighted by Crippen LogP contribution is 2.30. The summed E-state index contributed by atoms with van der Waals surface area (Å²) in [6, 6.07) is 11.3. The molecule has 1 aliphatic carbocycles. The zero-order chi connectivity index (χ0) is 17.1. The summed E-state index contributed by atoms with van der Waals surface area (Å²) in [4.78, 5) is 28.2. The lowest BCUT2D eigenvalue weighted by Crippen LogP contribution is -2.37. The highest BCUT2D eigenvalue weighted by Gasteiger charge is 2.25. The van der Waals surface area contributed by atoms with E-state index in [0.29, 0.717) is 4.88 Å². The van der Waals surface area contributed by atoms with E-state index < -0.39 is 12.1 Å². The maximum absolute atomic E-state index is 12.5. The SMILES string of the molecule is C[C@@H](OC(=O)c1cc2c(s1)CCCC2)C(=O)N(C)c1ccccc1. The lowest BCUT2D eigenvalue weighted by atomic mass is 9.99. The van der Waals surface area contributed by atoms with Crippen LogP contribution in [0.5, 0.6) is 0 Å². The fourth-order valence-corrected chi connectivity index (χ4v) is 4.05. The number of ether oxygens (including phenoxy) is 1. The molecule has 1 aromatic heterocycles. The molecule has 1 aliphatic rings. The van der Waals surface area contributed by atoms with Crippen molar-refractivity contribution in [2.24, 2.45) is 0 Å². The fraction of sp³-hybridized carbons (Fsp3) is 0.368. The molecule has 24 heavy (non-hydrogen) atoms. The van der Waals surface area contributed by atoms with Gasteiger partial charge in [0.2, 0.25) is 0 Å². The minimum absolute atomic E-state index is 0.240. The van der Waals surface area contributed by atoms with Crippen LogP contribution in [0.15, 0.2) is 36.4 Å². The second-order valence-corrected chi connectivity index (χ2v) is 7.18. The zero-order valence-corrected chi connectivity index (χ0v) is 14.8. The van der Waals surface area contributed by atoms with E-state index in [2.05, 4.69) is 0 Å². The smallest absolute Gasteiger partial charge is 0.349 e. The number of amides is 1. The number of hydrogen-bond donors (Lipinski definition) is 0. The van der Waals surface area contributed by atoms with Crippen molar-refractivity contribution in [3.05, 3.63) is 51.7 Å². The predicted octanol–water partition coefficient (Wildman–Crippen LogP) is 3.84. The second-order valence-electron chi connectivity index (χ2n) is 6.05. The molecule has 1 atom stereocenters. The normalized spacial score (nSPS) is 14.6. The maximum Gasteiger partial charge on any atom is 0.349 e. The molecule has 1 heterocycles. The molecule has 3 rings (SSSR count). The number of anilines is 1. The minimum Gasteiger partial charge on any atom is -0.448 e. The van der Waals surface area contributed by atoms with E-state index in [9.17, 15) is 9.59 Å². The number of rotatable bonds is 4. The van der Waals surface area contributed by atoms with Crippen molar-refractivity contribution < 1.29 is 14.3 Å². The molecular formula is C19H21NO3S. The molecular weight excluding hydrogens is 322 g/mol. The molecule has 2 aromatic rings. The van der Waals surface area contributed by atoms with Gasteiger partial charge in [0.25, 0.3) is 5.91 Å². The number of aryl methyl sites for hydroxylation is 2. The van der Waals surface area contributed by atoms with Gasteiger partial charge in [0, 0.05) is 17.6 Å². The Hall–Kier alpha value is -2.14. The van der Waals surface area contributed by atoms with E-state index in [1.54, 1.807) is 14.0 Å². The summed E-state index contributed by atoms with van der Waals surface area (Å²) >= 11 is 1.50. The number of likely N-dealkylation sites (N-methyl/N-ethyl adjacent to an activating group) is 1. The third-order valence-corrected chi connectivity index (χ3v) is 5.52. The summed E-state index contributed by atoms with van der Waals surface area (Å²) in [7, 11) is 1.69. The van der Waals surface area contributed by atoms with Crippen LogP contribution in [0.1, 0.15) is 39.9 Å². The summed E-state index contributed by atoms with van der Waals surface area (Å²) < 4.78 is 5.40. The number of carbonyl (C=O) groups excluding carboxylic acids is 2. The molecule has 0 N–H and O–H groups in total. The van der Waals surface area contributed by atoms with Gasteiger partial charge in [-0.05, 0) is 56.4 Å². The Balaban J connectivity index is 1.65. The number of carbonyl (C=O) groups is 2. The third-order valence-electron chi connectivity index (χ3n) is 4.30. The van der Waals surface area contributed by atoms with Crippen molar-refractivity contribution in [3.63, 3.8) is 0 Å².